The number of thiazole rings is 1. The number of hydrogen-bond donors (Lipinski definition) is 0. The molecule has 2 fully saturated rings. The minimum Gasteiger partial charge on any atom is -0.338 e. The van der Waals surface area contributed by atoms with Crippen LogP contribution in [0.5, 0.6) is 0 Å². The highest BCUT2D eigenvalue weighted by atomic mass is 32.1. The molecular weight excluding hydrogens is 294 g/mol. The van der Waals surface area contributed by atoms with Crippen molar-refractivity contribution < 1.29 is 4.79 Å². The van der Waals surface area contributed by atoms with Gasteiger partial charge in [-0.2, -0.15) is 0 Å². The zero-order valence-corrected chi connectivity index (χ0v) is 15.0. The molecule has 4 nitrogen and oxygen atoms in total. The highest BCUT2D eigenvalue weighted by molar-refractivity contribution is 7.11. The van der Waals surface area contributed by atoms with E-state index in [9.17, 15) is 4.79 Å². The van der Waals surface area contributed by atoms with Crippen LogP contribution in [0.25, 0.3) is 0 Å². The molecule has 2 atom stereocenters. The van der Waals surface area contributed by atoms with Crippen molar-refractivity contribution in [3.63, 3.8) is 0 Å². The van der Waals surface area contributed by atoms with Gasteiger partial charge in [0.1, 0.15) is 0 Å². The second kappa shape index (κ2) is 5.93. The first-order chi connectivity index (χ1) is 10.4. The summed E-state index contributed by atoms with van der Waals surface area (Å²) in [6.07, 6.45) is 3.25. The smallest absolute Gasteiger partial charge is 0.232 e. The van der Waals surface area contributed by atoms with Gasteiger partial charge in [-0.25, -0.2) is 4.98 Å². The molecule has 3 heterocycles. The summed E-state index contributed by atoms with van der Waals surface area (Å²) < 4.78 is 0. The van der Waals surface area contributed by atoms with E-state index in [2.05, 4.69) is 42.5 Å². The SMILES string of the molecule is CC[C@H](C)N1C[C@]2(CCCN(Cc3sc(C)nc3C)C2)C1=O. The Morgan fingerprint density at radius 1 is 1.36 bits per heavy atom. The molecule has 3 rings (SSSR count). The van der Waals surface area contributed by atoms with Crippen LogP contribution in [0.3, 0.4) is 0 Å². The highest BCUT2D eigenvalue weighted by Gasteiger charge is 2.54. The van der Waals surface area contributed by atoms with Gasteiger partial charge in [-0.05, 0) is 46.6 Å². The minimum atomic E-state index is -0.0880. The molecule has 1 aromatic heterocycles. The highest BCUT2D eigenvalue weighted by Crippen LogP contribution is 2.42. The van der Waals surface area contributed by atoms with E-state index in [1.54, 1.807) is 11.3 Å². The van der Waals surface area contributed by atoms with Gasteiger partial charge in [-0.3, -0.25) is 9.69 Å². The largest absolute Gasteiger partial charge is 0.338 e. The van der Waals surface area contributed by atoms with Gasteiger partial charge < -0.3 is 4.90 Å². The second-order valence-electron chi connectivity index (χ2n) is 7.03. The Kier molecular flexibility index (Phi) is 4.29. The summed E-state index contributed by atoms with van der Waals surface area (Å²) in [4.78, 5) is 23.1. The summed E-state index contributed by atoms with van der Waals surface area (Å²) in [6, 6.07) is 0.389. The zero-order valence-electron chi connectivity index (χ0n) is 14.2. The molecule has 2 saturated heterocycles. The minimum absolute atomic E-state index is 0.0880. The lowest BCUT2D eigenvalue weighted by molar-refractivity contribution is -0.170. The van der Waals surface area contributed by atoms with Crippen molar-refractivity contribution in [2.24, 2.45) is 5.41 Å². The molecule has 2 aliphatic heterocycles. The number of aromatic nitrogens is 1. The Labute approximate surface area is 137 Å². The monoisotopic (exact) mass is 321 g/mol. The molecule has 0 bridgehead atoms. The van der Waals surface area contributed by atoms with Crippen molar-refractivity contribution in [3.05, 3.63) is 15.6 Å². The molecule has 1 amide bonds. The fraction of sp³-hybridized carbons (Fsp3) is 0.765. The quantitative estimate of drug-likeness (QED) is 0.800. The van der Waals surface area contributed by atoms with E-state index < -0.39 is 0 Å². The number of hydrogen-bond acceptors (Lipinski definition) is 4. The number of likely N-dealkylation sites (tertiary alicyclic amines) is 2. The summed E-state index contributed by atoms with van der Waals surface area (Å²) in [7, 11) is 0. The van der Waals surface area contributed by atoms with Crippen molar-refractivity contribution >= 4 is 17.2 Å². The summed E-state index contributed by atoms with van der Waals surface area (Å²) in [6.45, 7) is 12.4. The van der Waals surface area contributed by atoms with Crippen LogP contribution in [-0.4, -0.2) is 46.4 Å². The van der Waals surface area contributed by atoms with E-state index in [0.29, 0.717) is 11.9 Å². The van der Waals surface area contributed by atoms with Crippen LogP contribution in [0.1, 0.15) is 48.7 Å². The number of nitrogens with zero attached hydrogens (tertiary/aromatic N) is 3. The molecule has 122 valence electrons. The van der Waals surface area contributed by atoms with Crippen LogP contribution in [0, 0.1) is 19.3 Å². The van der Waals surface area contributed by atoms with Crippen molar-refractivity contribution in [2.75, 3.05) is 19.6 Å². The lowest BCUT2D eigenvalue weighted by atomic mass is 9.71. The van der Waals surface area contributed by atoms with Gasteiger partial charge >= 0.3 is 0 Å². The molecule has 22 heavy (non-hydrogen) atoms. The molecule has 0 aromatic carbocycles. The number of rotatable bonds is 4. The third-order valence-corrected chi connectivity index (χ3v) is 6.39. The van der Waals surface area contributed by atoms with Crippen LogP contribution < -0.4 is 0 Å². The van der Waals surface area contributed by atoms with E-state index >= 15 is 0 Å². The number of β-lactam (4-membered cyclic amide) rings is 1. The van der Waals surface area contributed by atoms with E-state index in [-0.39, 0.29) is 5.41 Å². The first-order valence-electron chi connectivity index (χ1n) is 8.41. The Morgan fingerprint density at radius 2 is 2.14 bits per heavy atom. The van der Waals surface area contributed by atoms with Crippen molar-refractivity contribution in [1.82, 2.24) is 14.8 Å². The average Bonchev–Trinajstić information content (AvgIpc) is 2.82. The summed E-state index contributed by atoms with van der Waals surface area (Å²) >= 11 is 1.80. The first kappa shape index (κ1) is 15.9. The maximum absolute atomic E-state index is 12.7. The molecule has 0 N–H and O–H groups in total. The number of piperidine rings is 1. The maximum Gasteiger partial charge on any atom is 0.232 e. The Balaban J connectivity index is 1.65. The van der Waals surface area contributed by atoms with Crippen LogP contribution in [0.15, 0.2) is 0 Å². The molecule has 2 aliphatic rings. The summed E-state index contributed by atoms with van der Waals surface area (Å²) in [5, 5.41) is 1.14. The van der Waals surface area contributed by atoms with Crippen molar-refractivity contribution in [3.8, 4) is 0 Å². The molecule has 0 aliphatic carbocycles. The first-order valence-corrected chi connectivity index (χ1v) is 9.23. The maximum atomic E-state index is 12.7. The standard InChI is InChI=1S/C17H27N3OS/c1-5-12(2)20-11-17(16(20)21)7-6-8-19(10-17)9-15-13(3)18-14(4)22-15/h12H,5-11H2,1-4H3/t12-,17+/m0/s1. The third kappa shape index (κ3) is 2.69. The predicted molar refractivity (Wildman–Crippen MR) is 90.0 cm³/mol. The number of aryl methyl sites for hydroxylation is 2. The van der Waals surface area contributed by atoms with Gasteiger partial charge in [0, 0.05) is 30.6 Å². The predicted octanol–water partition coefficient (Wildman–Crippen LogP) is 2.98. The van der Waals surface area contributed by atoms with Gasteiger partial charge in [0.2, 0.25) is 5.91 Å². The molecule has 0 unspecified atom stereocenters. The van der Waals surface area contributed by atoms with Gasteiger partial charge in [-0.15, -0.1) is 11.3 Å². The van der Waals surface area contributed by atoms with Gasteiger partial charge in [-0.1, -0.05) is 6.92 Å². The van der Waals surface area contributed by atoms with Gasteiger partial charge in [0.25, 0.3) is 0 Å². The van der Waals surface area contributed by atoms with Crippen LogP contribution in [-0.2, 0) is 11.3 Å². The molecule has 0 radical (unpaired) electrons. The second-order valence-corrected chi connectivity index (χ2v) is 8.31. The fourth-order valence-corrected chi connectivity index (χ4v) is 4.82. The Hall–Kier alpha value is -0.940. The number of amides is 1. The fourth-order valence-electron chi connectivity index (χ4n) is 3.84. The Bertz CT molecular complexity index is 570. The third-order valence-electron chi connectivity index (χ3n) is 5.33. The lowest BCUT2D eigenvalue weighted by Gasteiger charge is -2.55. The molecule has 1 spiro atoms. The van der Waals surface area contributed by atoms with Crippen LogP contribution in [0.2, 0.25) is 0 Å². The molecule has 0 saturated carbocycles. The summed E-state index contributed by atoms with van der Waals surface area (Å²) in [5.74, 6) is 0.392. The van der Waals surface area contributed by atoms with Crippen molar-refractivity contribution in [2.45, 2.75) is 59.5 Å². The van der Waals surface area contributed by atoms with Crippen LogP contribution in [0.4, 0.5) is 0 Å². The average molecular weight is 321 g/mol. The molecule has 5 heteroatoms. The van der Waals surface area contributed by atoms with E-state index in [1.807, 2.05) is 0 Å². The van der Waals surface area contributed by atoms with Gasteiger partial charge in [0.05, 0.1) is 16.1 Å². The van der Waals surface area contributed by atoms with Crippen molar-refractivity contribution in [1.29, 1.82) is 0 Å². The Morgan fingerprint density at radius 3 is 2.73 bits per heavy atom. The molecule has 1 aromatic rings. The summed E-state index contributed by atoms with van der Waals surface area (Å²) in [5.41, 5.74) is 1.07. The van der Waals surface area contributed by atoms with Gasteiger partial charge in [0.15, 0.2) is 0 Å². The van der Waals surface area contributed by atoms with E-state index in [4.69, 9.17) is 0 Å². The van der Waals surface area contributed by atoms with Crippen LogP contribution >= 0.6 is 11.3 Å². The topological polar surface area (TPSA) is 36.4 Å². The number of carbonyl (C=O) groups is 1. The lowest BCUT2D eigenvalue weighted by Crippen LogP contribution is -2.68. The van der Waals surface area contributed by atoms with E-state index in [0.717, 1.165) is 56.1 Å². The molecular formula is C17H27N3OS. The normalized spacial score (nSPS) is 27.3. The zero-order chi connectivity index (χ0) is 15.9. The number of carbonyl (C=O) groups excluding carboxylic acids is 1. The van der Waals surface area contributed by atoms with E-state index in [1.165, 1.54) is 4.88 Å².